The Kier molecular flexibility index (Phi) is 2.58. The van der Waals surface area contributed by atoms with E-state index < -0.39 is 0 Å². The molecular formula is C10H21N3. The summed E-state index contributed by atoms with van der Waals surface area (Å²) in [6.07, 6.45) is 4.12. The lowest BCUT2D eigenvalue weighted by Crippen LogP contribution is -2.46. The van der Waals surface area contributed by atoms with Crippen LogP contribution in [0.1, 0.15) is 19.3 Å². The molecule has 2 heterocycles. The number of nitrogens with two attached hydrogens (primary N) is 1. The van der Waals surface area contributed by atoms with Crippen LogP contribution in [0.4, 0.5) is 0 Å². The van der Waals surface area contributed by atoms with Gasteiger partial charge in [0.15, 0.2) is 0 Å². The van der Waals surface area contributed by atoms with Crippen molar-refractivity contribution in [1.29, 1.82) is 0 Å². The van der Waals surface area contributed by atoms with Crippen LogP contribution >= 0.6 is 0 Å². The Balaban J connectivity index is 1.98. The maximum atomic E-state index is 5.70. The molecule has 0 radical (unpaired) electrons. The molecule has 2 aliphatic rings. The van der Waals surface area contributed by atoms with Gasteiger partial charge in [-0.3, -0.25) is 4.90 Å². The summed E-state index contributed by atoms with van der Waals surface area (Å²) in [5.41, 5.74) is 6.29. The first-order valence-corrected chi connectivity index (χ1v) is 5.35. The van der Waals surface area contributed by atoms with E-state index in [4.69, 9.17) is 5.73 Å². The zero-order chi connectivity index (χ0) is 9.31. The maximum Gasteiger partial charge on any atom is 0.0455 e. The fourth-order valence-corrected chi connectivity index (χ4v) is 2.96. The number of piperidine rings is 1. The van der Waals surface area contributed by atoms with Gasteiger partial charge in [0.1, 0.15) is 0 Å². The summed E-state index contributed by atoms with van der Waals surface area (Å²) in [4.78, 5) is 4.86. The van der Waals surface area contributed by atoms with Gasteiger partial charge in [0.25, 0.3) is 0 Å². The molecule has 2 fully saturated rings. The van der Waals surface area contributed by atoms with E-state index >= 15 is 0 Å². The van der Waals surface area contributed by atoms with Crippen molar-refractivity contribution >= 4 is 0 Å². The van der Waals surface area contributed by atoms with Crippen molar-refractivity contribution < 1.29 is 0 Å². The average Bonchev–Trinajstić information content (AvgIpc) is 2.47. The number of nitrogens with zero attached hydrogens (tertiary/aromatic N) is 2. The molecule has 2 aliphatic heterocycles. The van der Waals surface area contributed by atoms with Gasteiger partial charge in [-0.15, -0.1) is 0 Å². The van der Waals surface area contributed by atoms with Crippen LogP contribution in [0.5, 0.6) is 0 Å². The van der Waals surface area contributed by atoms with E-state index in [1.54, 1.807) is 0 Å². The molecule has 1 spiro atoms. The zero-order valence-corrected chi connectivity index (χ0v) is 8.63. The SMILES string of the molecule is CN1CCC2(CCCN(CN)C2)C1. The molecule has 0 aromatic heterocycles. The fraction of sp³-hybridized carbons (Fsp3) is 1.00. The van der Waals surface area contributed by atoms with Gasteiger partial charge >= 0.3 is 0 Å². The highest BCUT2D eigenvalue weighted by molar-refractivity contribution is 4.93. The molecule has 0 amide bonds. The minimum atomic E-state index is 0.590. The molecule has 2 rings (SSSR count). The van der Waals surface area contributed by atoms with Crippen molar-refractivity contribution in [3.63, 3.8) is 0 Å². The van der Waals surface area contributed by atoms with Gasteiger partial charge in [-0.25, -0.2) is 0 Å². The lowest BCUT2D eigenvalue weighted by molar-refractivity contribution is 0.0977. The third-order valence-electron chi connectivity index (χ3n) is 3.63. The van der Waals surface area contributed by atoms with Crippen LogP contribution in [-0.2, 0) is 0 Å². The second-order valence-corrected chi connectivity index (χ2v) is 4.83. The normalized spacial score (nSPS) is 37.4. The molecule has 2 N–H and O–H groups in total. The van der Waals surface area contributed by atoms with Crippen molar-refractivity contribution in [2.75, 3.05) is 39.9 Å². The van der Waals surface area contributed by atoms with Gasteiger partial charge in [-0.2, -0.15) is 0 Å². The van der Waals surface area contributed by atoms with Crippen molar-refractivity contribution in [2.24, 2.45) is 11.1 Å². The molecule has 0 aromatic rings. The third kappa shape index (κ3) is 1.87. The highest BCUT2D eigenvalue weighted by atomic mass is 15.2. The van der Waals surface area contributed by atoms with E-state index in [1.165, 1.54) is 45.4 Å². The van der Waals surface area contributed by atoms with Gasteiger partial charge in [-0.1, -0.05) is 0 Å². The van der Waals surface area contributed by atoms with E-state index in [2.05, 4.69) is 16.8 Å². The van der Waals surface area contributed by atoms with E-state index in [-0.39, 0.29) is 0 Å². The predicted octanol–water partition coefficient (Wildman–Crippen LogP) is 0.320. The van der Waals surface area contributed by atoms with E-state index in [0.717, 1.165) is 6.67 Å². The standard InChI is InChI=1S/C10H21N3/c1-12-6-4-10(7-12)3-2-5-13(8-10)9-11/h2-9,11H2,1H3. The third-order valence-corrected chi connectivity index (χ3v) is 3.63. The average molecular weight is 183 g/mol. The van der Waals surface area contributed by atoms with E-state index in [0.29, 0.717) is 5.41 Å². The molecular weight excluding hydrogens is 162 g/mol. The topological polar surface area (TPSA) is 32.5 Å². The molecule has 2 saturated heterocycles. The van der Waals surface area contributed by atoms with Gasteiger partial charge in [0, 0.05) is 19.8 Å². The highest BCUT2D eigenvalue weighted by Gasteiger charge is 2.39. The Morgan fingerprint density at radius 1 is 1.23 bits per heavy atom. The fourth-order valence-electron chi connectivity index (χ4n) is 2.96. The van der Waals surface area contributed by atoms with Crippen LogP contribution in [0.3, 0.4) is 0 Å². The number of hydrogen-bond acceptors (Lipinski definition) is 3. The molecule has 1 atom stereocenters. The smallest absolute Gasteiger partial charge is 0.0455 e. The predicted molar refractivity (Wildman–Crippen MR) is 54.4 cm³/mol. The van der Waals surface area contributed by atoms with Crippen LogP contribution in [0.2, 0.25) is 0 Å². The molecule has 0 aliphatic carbocycles. The lowest BCUT2D eigenvalue weighted by atomic mass is 9.79. The Morgan fingerprint density at radius 2 is 2.08 bits per heavy atom. The van der Waals surface area contributed by atoms with Crippen LogP contribution in [-0.4, -0.2) is 49.7 Å². The molecule has 0 bridgehead atoms. The minimum Gasteiger partial charge on any atom is -0.318 e. The summed E-state index contributed by atoms with van der Waals surface area (Å²) < 4.78 is 0. The van der Waals surface area contributed by atoms with Crippen molar-refractivity contribution in [3.05, 3.63) is 0 Å². The summed E-state index contributed by atoms with van der Waals surface area (Å²) in [5.74, 6) is 0. The van der Waals surface area contributed by atoms with Crippen molar-refractivity contribution in [3.8, 4) is 0 Å². The first-order chi connectivity index (χ1) is 6.24. The summed E-state index contributed by atoms with van der Waals surface area (Å²) in [5, 5.41) is 0. The first-order valence-electron chi connectivity index (χ1n) is 5.35. The van der Waals surface area contributed by atoms with Crippen LogP contribution in [0.15, 0.2) is 0 Å². The van der Waals surface area contributed by atoms with E-state index in [1.807, 2.05) is 0 Å². The lowest BCUT2D eigenvalue weighted by Gasteiger charge is -2.39. The summed E-state index contributed by atoms with van der Waals surface area (Å²) in [6, 6.07) is 0. The Labute approximate surface area is 80.9 Å². The van der Waals surface area contributed by atoms with Crippen molar-refractivity contribution in [2.45, 2.75) is 19.3 Å². The second-order valence-electron chi connectivity index (χ2n) is 4.83. The molecule has 3 heteroatoms. The van der Waals surface area contributed by atoms with Crippen LogP contribution in [0.25, 0.3) is 0 Å². The Bertz CT molecular complexity index is 179. The van der Waals surface area contributed by atoms with Gasteiger partial charge in [0.05, 0.1) is 0 Å². The minimum absolute atomic E-state index is 0.590. The number of likely N-dealkylation sites (tertiary alicyclic amines) is 2. The second kappa shape index (κ2) is 3.56. The monoisotopic (exact) mass is 183 g/mol. The van der Waals surface area contributed by atoms with Crippen molar-refractivity contribution in [1.82, 2.24) is 9.80 Å². The van der Waals surface area contributed by atoms with Gasteiger partial charge in [0.2, 0.25) is 0 Å². The Morgan fingerprint density at radius 3 is 2.69 bits per heavy atom. The van der Waals surface area contributed by atoms with Crippen LogP contribution in [0, 0.1) is 5.41 Å². The zero-order valence-electron chi connectivity index (χ0n) is 8.63. The van der Waals surface area contributed by atoms with E-state index in [9.17, 15) is 0 Å². The Hall–Kier alpha value is -0.120. The largest absolute Gasteiger partial charge is 0.318 e. The first kappa shape index (κ1) is 9.44. The molecule has 0 saturated carbocycles. The molecule has 3 nitrogen and oxygen atoms in total. The number of rotatable bonds is 1. The van der Waals surface area contributed by atoms with Crippen LogP contribution < -0.4 is 5.73 Å². The summed E-state index contributed by atoms with van der Waals surface area (Å²) >= 11 is 0. The highest BCUT2D eigenvalue weighted by Crippen LogP contribution is 2.37. The molecule has 0 aromatic carbocycles. The van der Waals surface area contributed by atoms with Gasteiger partial charge in [-0.05, 0) is 44.8 Å². The number of hydrogen-bond donors (Lipinski definition) is 1. The van der Waals surface area contributed by atoms with Gasteiger partial charge < -0.3 is 10.6 Å². The maximum absolute atomic E-state index is 5.70. The molecule has 13 heavy (non-hydrogen) atoms. The quantitative estimate of drug-likeness (QED) is 0.635. The molecule has 1 unspecified atom stereocenters. The summed E-state index contributed by atoms with van der Waals surface area (Å²) in [6.45, 7) is 5.74. The molecule has 76 valence electrons. The summed E-state index contributed by atoms with van der Waals surface area (Å²) in [7, 11) is 2.23.